The van der Waals surface area contributed by atoms with Crippen molar-refractivity contribution in [3.63, 3.8) is 0 Å². The minimum Gasteiger partial charge on any atom is -0.493 e. The summed E-state index contributed by atoms with van der Waals surface area (Å²) in [4.78, 5) is 11.1. The summed E-state index contributed by atoms with van der Waals surface area (Å²) < 4.78 is 13.8. The first-order chi connectivity index (χ1) is 11.3. The standard InChI is InChI=1S/C15H21N5O2S/c1-21-13-5-11-12(6-14(13)22-2)17-9-18-15(11)20-7-10(8-20)3-4-19-23-16/h5-6,9-10,19H,3-4,7-8,16H2,1-2H3. The molecule has 2 aromatic rings. The second-order valence-corrected chi connectivity index (χ2v) is 6.02. The Hall–Kier alpha value is -1.77. The topological polar surface area (TPSA) is 85.5 Å². The van der Waals surface area contributed by atoms with Gasteiger partial charge in [-0.15, -0.1) is 0 Å². The molecule has 124 valence electrons. The summed E-state index contributed by atoms with van der Waals surface area (Å²) in [5, 5.41) is 6.35. The first-order valence-corrected chi connectivity index (χ1v) is 8.35. The molecule has 3 N–H and O–H groups in total. The third-order valence-electron chi connectivity index (χ3n) is 4.11. The van der Waals surface area contributed by atoms with E-state index in [0.29, 0.717) is 17.4 Å². The molecule has 0 radical (unpaired) electrons. The van der Waals surface area contributed by atoms with Crippen LogP contribution in [0.5, 0.6) is 11.5 Å². The van der Waals surface area contributed by atoms with E-state index in [1.807, 2.05) is 12.1 Å². The molecular weight excluding hydrogens is 314 g/mol. The lowest BCUT2D eigenvalue weighted by Gasteiger charge is -2.40. The predicted octanol–water partition coefficient (Wildman–Crippen LogP) is 1.58. The number of fused-ring (bicyclic) bond motifs is 1. The Morgan fingerprint density at radius 1 is 1.26 bits per heavy atom. The molecule has 0 aliphatic carbocycles. The zero-order chi connectivity index (χ0) is 16.2. The monoisotopic (exact) mass is 335 g/mol. The van der Waals surface area contributed by atoms with Gasteiger partial charge in [0, 0.05) is 43.2 Å². The number of benzene rings is 1. The summed E-state index contributed by atoms with van der Waals surface area (Å²) in [5.41, 5.74) is 0.859. The van der Waals surface area contributed by atoms with Crippen LogP contribution in [0, 0.1) is 5.92 Å². The fourth-order valence-corrected chi connectivity index (χ4v) is 3.10. The zero-order valence-electron chi connectivity index (χ0n) is 13.3. The van der Waals surface area contributed by atoms with E-state index in [9.17, 15) is 0 Å². The van der Waals surface area contributed by atoms with E-state index in [1.54, 1.807) is 20.5 Å². The molecule has 1 aliphatic heterocycles. The molecule has 0 bridgehead atoms. The third-order valence-corrected chi connectivity index (χ3v) is 4.49. The number of nitrogens with zero attached hydrogens (tertiary/aromatic N) is 3. The molecule has 23 heavy (non-hydrogen) atoms. The Bertz CT molecular complexity index is 678. The Morgan fingerprint density at radius 3 is 2.70 bits per heavy atom. The van der Waals surface area contributed by atoms with Crippen molar-refractivity contribution < 1.29 is 9.47 Å². The molecule has 0 unspecified atom stereocenters. The minimum absolute atomic E-state index is 0.666. The van der Waals surface area contributed by atoms with Crippen LogP contribution in [-0.2, 0) is 0 Å². The number of rotatable bonds is 7. The van der Waals surface area contributed by atoms with Crippen LogP contribution in [0.4, 0.5) is 5.82 Å². The van der Waals surface area contributed by atoms with Gasteiger partial charge in [0.1, 0.15) is 12.1 Å². The lowest BCUT2D eigenvalue weighted by Crippen LogP contribution is -2.48. The van der Waals surface area contributed by atoms with E-state index in [1.165, 1.54) is 12.1 Å². The number of nitrogens with one attached hydrogen (secondary N) is 1. The maximum atomic E-state index is 5.40. The molecule has 1 aliphatic rings. The van der Waals surface area contributed by atoms with Gasteiger partial charge >= 0.3 is 0 Å². The minimum atomic E-state index is 0.666. The van der Waals surface area contributed by atoms with Gasteiger partial charge in [-0.3, -0.25) is 9.86 Å². The highest BCUT2D eigenvalue weighted by Crippen LogP contribution is 2.36. The van der Waals surface area contributed by atoms with Crippen LogP contribution in [0.3, 0.4) is 0 Å². The summed E-state index contributed by atoms with van der Waals surface area (Å²) in [5.74, 6) is 2.99. The van der Waals surface area contributed by atoms with Crippen molar-refractivity contribution in [1.82, 2.24) is 14.7 Å². The van der Waals surface area contributed by atoms with Crippen LogP contribution in [0.1, 0.15) is 6.42 Å². The summed E-state index contributed by atoms with van der Waals surface area (Å²) in [7, 11) is 3.26. The van der Waals surface area contributed by atoms with Crippen LogP contribution in [0.25, 0.3) is 10.9 Å². The largest absolute Gasteiger partial charge is 0.493 e. The Kier molecular flexibility index (Phi) is 5.04. The lowest BCUT2D eigenvalue weighted by molar-refractivity contribution is 0.355. The molecule has 1 fully saturated rings. The highest BCUT2D eigenvalue weighted by Gasteiger charge is 2.28. The maximum Gasteiger partial charge on any atom is 0.162 e. The predicted molar refractivity (Wildman–Crippen MR) is 92.7 cm³/mol. The number of anilines is 1. The number of aromatic nitrogens is 2. The highest BCUT2D eigenvalue weighted by atomic mass is 32.2. The lowest BCUT2D eigenvalue weighted by atomic mass is 9.96. The average molecular weight is 335 g/mol. The van der Waals surface area contributed by atoms with Crippen molar-refractivity contribution in [1.29, 1.82) is 0 Å². The van der Waals surface area contributed by atoms with Crippen molar-refractivity contribution in [2.75, 3.05) is 38.8 Å². The highest BCUT2D eigenvalue weighted by molar-refractivity contribution is 7.95. The summed E-state index contributed by atoms with van der Waals surface area (Å²) in [6, 6.07) is 3.84. The smallest absolute Gasteiger partial charge is 0.162 e. The van der Waals surface area contributed by atoms with Crippen LogP contribution >= 0.6 is 12.1 Å². The molecule has 1 aromatic carbocycles. The van der Waals surface area contributed by atoms with Gasteiger partial charge in [0.25, 0.3) is 0 Å². The SMILES string of the molecule is COc1cc2ncnc(N3CC(CCNSN)C3)c2cc1OC. The first kappa shape index (κ1) is 16.1. The molecular formula is C15H21N5O2S. The van der Waals surface area contributed by atoms with E-state index >= 15 is 0 Å². The van der Waals surface area contributed by atoms with Gasteiger partial charge in [0.05, 0.1) is 19.7 Å². The van der Waals surface area contributed by atoms with Gasteiger partial charge < -0.3 is 14.4 Å². The zero-order valence-corrected chi connectivity index (χ0v) is 14.1. The molecule has 7 nitrogen and oxygen atoms in total. The molecule has 8 heteroatoms. The van der Waals surface area contributed by atoms with E-state index in [4.69, 9.17) is 14.6 Å². The molecule has 1 aromatic heterocycles. The number of ether oxygens (including phenoxy) is 2. The molecule has 1 saturated heterocycles. The quantitative estimate of drug-likeness (QED) is 0.583. The van der Waals surface area contributed by atoms with Crippen molar-refractivity contribution >= 4 is 28.9 Å². The van der Waals surface area contributed by atoms with Crippen molar-refractivity contribution in [2.24, 2.45) is 11.1 Å². The summed E-state index contributed by atoms with van der Waals surface area (Å²) >= 11 is 1.17. The second-order valence-electron chi connectivity index (χ2n) is 5.49. The Morgan fingerprint density at radius 2 is 2.00 bits per heavy atom. The van der Waals surface area contributed by atoms with E-state index in [-0.39, 0.29) is 0 Å². The van der Waals surface area contributed by atoms with Crippen molar-refractivity contribution in [3.05, 3.63) is 18.5 Å². The van der Waals surface area contributed by atoms with E-state index in [0.717, 1.165) is 42.8 Å². The van der Waals surface area contributed by atoms with Crippen LogP contribution in [0.15, 0.2) is 18.5 Å². The van der Waals surface area contributed by atoms with Crippen LogP contribution in [0.2, 0.25) is 0 Å². The molecule has 0 atom stereocenters. The second kappa shape index (κ2) is 7.20. The van der Waals surface area contributed by atoms with Crippen molar-refractivity contribution in [2.45, 2.75) is 6.42 Å². The molecule has 0 spiro atoms. The fourth-order valence-electron chi connectivity index (χ4n) is 2.87. The number of nitrogens with two attached hydrogens (primary N) is 1. The molecule has 0 amide bonds. The fraction of sp³-hybridized carbons (Fsp3) is 0.467. The van der Waals surface area contributed by atoms with Gasteiger partial charge in [-0.05, 0) is 18.4 Å². The van der Waals surface area contributed by atoms with Crippen LogP contribution in [-0.4, -0.2) is 43.8 Å². The van der Waals surface area contributed by atoms with E-state index < -0.39 is 0 Å². The molecule has 0 saturated carbocycles. The molecule has 2 heterocycles. The third kappa shape index (κ3) is 3.29. The van der Waals surface area contributed by atoms with Gasteiger partial charge in [-0.25, -0.2) is 9.97 Å². The van der Waals surface area contributed by atoms with Gasteiger partial charge in [0.15, 0.2) is 11.5 Å². The van der Waals surface area contributed by atoms with E-state index in [2.05, 4.69) is 19.6 Å². The first-order valence-electron chi connectivity index (χ1n) is 7.47. The number of hydrogen-bond acceptors (Lipinski definition) is 8. The van der Waals surface area contributed by atoms with Crippen molar-refractivity contribution in [3.8, 4) is 11.5 Å². The number of methoxy groups -OCH3 is 2. The van der Waals surface area contributed by atoms with Gasteiger partial charge in [0.2, 0.25) is 0 Å². The Labute approximate surface area is 139 Å². The number of hydrogen-bond donors (Lipinski definition) is 2. The maximum absolute atomic E-state index is 5.40. The van der Waals surface area contributed by atoms with Gasteiger partial charge in [-0.2, -0.15) is 0 Å². The summed E-state index contributed by atoms with van der Waals surface area (Å²) in [6.45, 7) is 2.92. The van der Waals surface area contributed by atoms with Crippen LogP contribution < -0.4 is 24.2 Å². The Balaban J connectivity index is 1.79. The molecule has 3 rings (SSSR count). The average Bonchev–Trinajstić information content (AvgIpc) is 2.55. The van der Waals surface area contributed by atoms with Gasteiger partial charge in [-0.1, -0.05) is 0 Å². The normalized spacial score (nSPS) is 14.8. The summed E-state index contributed by atoms with van der Waals surface area (Å²) in [6.07, 6.45) is 2.71.